The molecule has 2 heterocycles. The van der Waals surface area contributed by atoms with Gasteiger partial charge in [0.15, 0.2) is 5.82 Å². The number of carbonyl (C=O) groups is 3. The van der Waals surface area contributed by atoms with Crippen molar-refractivity contribution in [3.8, 4) is 0 Å². The van der Waals surface area contributed by atoms with Gasteiger partial charge in [0, 0.05) is 19.9 Å². The molecule has 0 spiro atoms. The van der Waals surface area contributed by atoms with E-state index in [-0.39, 0.29) is 38.4 Å². The number of nitrogens with two attached hydrogens (primary N) is 1. The van der Waals surface area contributed by atoms with Crippen molar-refractivity contribution in [2.24, 2.45) is 5.73 Å². The molecular formula is C32H44N6O5. The number of nitrogens with zero attached hydrogens (tertiary/aromatic N) is 3. The number of amides is 3. The van der Waals surface area contributed by atoms with Gasteiger partial charge in [0.2, 0.25) is 5.91 Å². The predicted molar refractivity (Wildman–Crippen MR) is 165 cm³/mol. The van der Waals surface area contributed by atoms with Crippen LogP contribution in [0.2, 0.25) is 0 Å². The third-order valence-electron chi connectivity index (χ3n) is 7.12. The summed E-state index contributed by atoms with van der Waals surface area (Å²) in [5.41, 5.74) is 6.49. The summed E-state index contributed by atoms with van der Waals surface area (Å²) in [5.74, 6) is -0.853. The Morgan fingerprint density at radius 1 is 1.09 bits per heavy atom. The molecule has 3 amide bonds. The van der Waals surface area contributed by atoms with E-state index in [1.807, 2.05) is 65.6 Å². The van der Waals surface area contributed by atoms with Crippen LogP contribution in [-0.4, -0.2) is 76.7 Å². The van der Waals surface area contributed by atoms with Gasteiger partial charge in [-0.3, -0.25) is 14.4 Å². The molecule has 232 valence electrons. The Balaban J connectivity index is 0.00000506. The maximum Gasteiger partial charge on any atom is 0.250 e. The van der Waals surface area contributed by atoms with E-state index < -0.39 is 29.4 Å². The number of carbonyl (C=O) groups excluding carboxylic acids is 3. The van der Waals surface area contributed by atoms with E-state index in [1.54, 1.807) is 31.7 Å². The fourth-order valence-electron chi connectivity index (χ4n) is 4.88. The first-order valence-electron chi connectivity index (χ1n) is 14.1. The molecule has 1 fully saturated rings. The molecular weight excluding hydrogens is 548 g/mol. The number of nitrogens with one attached hydrogen (secondary N) is 2. The monoisotopic (exact) mass is 592 g/mol. The van der Waals surface area contributed by atoms with E-state index in [9.17, 15) is 14.4 Å². The summed E-state index contributed by atoms with van der Waals surface area (Å²) >= 11 is 0. The molecule has 1 saturated heterocycles. The molecule has 2 aromatic carbocycles. The van der Waals surface area contributed by atoms with Crippen LogP contribution in [0.15, 0.2) is 73.2 Å². The van der Waals surface area contributed by atoms with E-state index in [2.05, 4.69) is 15.6 Å². The van der Waals surface area contributed by atoms with Gasteiger partial charge in [-0.05, 0) is 37.8 Å². The molecule has 0 aliphatic carbocycles. The molecule has 3 aromatic rings. The maximum absolute atomic E-state index is 13.9. The van der Waals surface area contributed by atoms with Crippen LogP contribution < -0.4 is 16.4 Å². The first-order valence-corrected chi connectivity index (χ1v) is 14.1. The second kappa shape index (κ2) is 15.4. The summed E-state index contributed by atoms with van der Waals surface area (Å²) in [5, 5.41) is 5.44. The molecule has 1 aromatic heterocycles. The summed E-state index contributed by atoms with van der Waals surface area (Å²) in [7, 11) is 1.64. The highest BCUT2D eigenvalue weighted by Gasteiger charge is 2.35. The van der Waals surface area contributed by atoms with Crippen molar-refractivity contribution in [3.05, 3.63) is 84.3 Å². The van der Waals surface area contributed by atoms with Gasteiger partial charge in [0.1, 0.15) is 12.1 Å². The Bertz CT molecular complexity index is 1320. The highest BCUT2D eigenvalue weighted by molar-refractivity contribution is 5.98. The third kappa shape index (κ3) is 8.96. The van der Waals surface area contributed by atoms with Crippen molar-refractivity contribution in [2.75, 3.05) is 32.2 Å². The number of hydrogen-bond acceptors (Lipinski definition) is 7. The largest absolute Gasteiger partial charge is 0.383 e. The molecule has 2 unspecified atom stereocenters. The van der Waals surface area contributed by atoms with Gasteiger partial charge in [0.25, 0.3) is 11.8 Å². The lowest BCUT2D eigenvalue weighted by atomic mass is 10.0. The number of anilines is 1. The SMILES string of the molecule is C.COCC1CCCN1C(=O)C(c1ccccc1)n1cnc(NC(=O)[C@@H](COCc2ccccc2)NC(=O)C(C)(C)N)c1. The highest BCUT2D eigenvalue weighted by atomic mass is 16.5. The van der Waals surface area contributed by atoms with Crippen LogP contribution in [0.5, 0.6) is 0 Å². The van der Waals surface area contributed by atoms with Crippen LogP contribution in [0.3, 0.4) is 0 Å². The molecule has 3 atom stereocenters. The number of benzene rings is 2. The zero-order valence-electron chi connectivity index (χ0n) is 24.4. The Hall–Kier alpha value is -4.06. The molecule has 0 radical (unpaired) electrons. The molecule has 1 aliphatic heterocycles. The lowest BCUT2D eigenvalue weighted by Gasteiger charge is -2.29. The van der Waals surface area contributed by atoms with Gasteiger partial charge in [-0.1, -0.05) is 68.1 Å². The minimum atomic E-state index is -1.20. The minimum absolute atomic E-state index is 0. The quantitative estimate of drug-likeness (QED) is 0.277. The summed E-state index contributed by atoms with van der Waals surface area (Å²) in [6, 6.07) is 17.3. The average Bonchev–Trinajstić information content (AvgIpc) is 3.63. The number of imidazole rings is 1. The van der Waals surface area contributed by atoms with E-state index in [4.69, 9.17) is 15.2 Å². The van der Waals surface area contributed by atoms with E-state index >= 15 is 0 Å². The summed E-state index contributed by atoms with van der Waals surface area (Å²) in [6.07, 6.45) is 4.93. The first-order chi connectivity index (χ1) is 20.2. The molecule has 0 saturated carbocycles. The number of methoxy groups -OCH3 is 1. The van der Waals surface area contributed by atoms with Crippen LogP contribution in [0.25, 0.3) is 0 Å². The molecule has 0 bridgehead atoms. The first kappa shape index (κ1) is 33.4. The van der Waals surface area contributed by atoms with Gasteiger partial charge >= 0.3 is 0 Å². The smallest absolute Gasteiger partial charge is 0.250 e. The van der Waals surface area contributed by atoms with Crippen LogP contribution in [0.1, 0.15) is 51.3 Å². The van der Waals surface area contributed by atoms with Crippen LogP contribution >= 0.6 is 0 Å². The number of likely N-dealkylation sites (tertiary alicyclic amines) is 1. The molecule has 4 N–H and O–H groups in total. The van der Waals surface area contributed by atoms with Crippen molar-refractivity contribution < 1.29 is 23.9 Å². The van der Waals surface area contributed by atoms with Crippen molar-refractivity contribution in [1.29, 1.82) is 0 Å². The van der Waals surface area contributed by atoms with Crippen molar-refractivity contribution in [1.82, 2.24) is 19.8 Å². The Kier molecular flexibility index (Phi) is 12.0. The van der Waals surface area contributed by atoms with Gasteiger partial charge < -0.3 is 35.3 Å². The van der Waals surface area contributed by atoms with Crippen molar-refractivity contribution in [2.45, 2.75) is 64.4 Å². The fourth-order valence-corrected chi connectivity index (χ4v) is 4.88. The lowest BCUT2D eigenvalue weighted by molar-refractivity contribution is -0.135. The van der Waals surface area contributed by atoms with Crippen LogP contribution in [0, 0.1) is 0 Å². The third-order valence-corrected chi connectivity index (χ3v) is 7.12. The molecule has 11 nitrogen and oxygen atoms in total. The van der Waals surface area contributed by atoms with E-state index in [1.165, 1.54) is 6.33 Å². The number of ether oxygens (including phenoxy) is 2. The molecule has 43 heavy (non-hydrogen) atoms. The normalized spacial score (nSPS) is 16.2. The number of aromatic nitrogens is 2. The molecule has 4 rings (SSSR count). The Morgan fingerprint density at radius 2 is 1.77 bits per heavy atom. The van der Waals surface area contributed by atoms with Crippen LogP contribution in [0.4, 0.5) is 5.82 Å². The number of rotatable bonds is 13. The van der Waals surface area contributed by atoms with Gasteiger partial charge in [-0.25, -0.2) is 4.98 Å². The molecule has 1 aliphatic rings. The fraction of sp³-hybridized carbons (Fsp3) is 0.438. The minimum Gasteiger partial charge on any atom is -0.383 e. The van der Waals surface area contributed by atoms with Gasteiger partial charge in [-0.2, -0.15) is 0 Å². The average molecular weight is 593 g/mol. The summed E-state index contributed by atoms with van der Waals surface area (Å²) < 4.78 is 12.8. The zero-order chi connectivity index (χ0) is 30.1. The molecule has 11 heteroatoms. The van der Waals surface area contributed by atoms with Crippen molar-refractivity contribution >= 4 is 23.5 Å². The topological polar surface area (TPSA) is 141 Å². The maximum atomic E-state index is 13.9. The highest BCUT2D eigenvalue weighted by Crippen LogP contribution is 2.27. The Morgan fingerprint density at radius 3 is 2.42 bits per heavy atom. The van der Waals surface area contributed by atoms with Gasteiger partial charge in [-0.15, -0.1) is 0 Å². The number of hydrogen-bond donors (Lipinski definition) is 3. The predicted octanol–water partition coefficient (Wildman–Crippen LogP) is 3.12. The standard InChI is InChI=1S/C31H40N6O5.CH4/c1-31(2,32)30(40)34-25(20-42-18-22-11-6-4-7-12-22)28(38)35-26-17-36(21-33-26)27(23-13-8-5-9-14-23)29(39)37-16-10-15-24(37)19-41-3;/h4-9,11-14,17,21,24-25,27H,10,15-16,18-20,32H2,1-3H3,(H,34,40)(H,35,38);1H4/t24?,25-,27?;/m1./s1. The zero-order valence-corrected chi connectivity index (χ0v) is 24.4. The summed E-state index contributed by atoms with van der Waals surface area (Å²) in [4.78, 5) is 46.1. The Labute approximate surface area is 253 Å². The van der Waals surface area contributed by atoms with E-state index in [0.717, 1.165) is 24.0 Å². The van der Waals surface area contributed by atoms with E-state index in [0.29, 0.717) is 13.2 Å². The second-order valence-electron chi connectivity index (χ2n) is 11.0. The second-order valence-corrected chi connectivity index (χ2v) is 11.0. The lowest BCUT2D eigenvalue weighted by Crippen LogP contribution is -2.56. The van der Waals surface area contributed by atoms with Crippen molar-refractivity contribution in [3.63, 3.8) is 0 Å². The summed E-state index contributed by atoms with van der Waals surface area (Å²) in [6.45, 7) is 4.42. The van der Waals surface area contributed by atoms with Crippen LogP contribution in [-0.2, 0) is 30.5 Å². The van der Waals surface area contributed by atoms with Gasteiger partial charge in [0.05, 0.1) is 37.7 Å².